The average molecular weight is 641 g/mol. The van der Waals surface area contributed by atoms with Gasteiger partial charge >= 0.3 is 0 Å². The number of H-pyrrole nitrogens is 1. The molecule has 244 valence electrons. The van der Waals surface area contributed by atoms with E-state index in [-0.39, 0.29) is 42.1 Å². The molecule has 3 unspecified atom stereocenters. The highest BCUT2D eigenvalue weighted by atomic mass is 19.1. The van der Waals surface area contributed by atoms with E-state index >= 15 is 4.39 Å². The number of alkyl halides is 1. The van der Waals surface area contributed by atoms with Crippen molar-refractivity contribution in [1.29, 1.82) is 5.26 Å². The highest BCUT2D eigenvalue weighted by molar-refractivity contribution is 5.93. The van der Waals surface area contributed by atoms with Crippen LogP contribution in [0.25, 0.3) is 11.4 Å². The number of piperidine rings is 1. The van der Waals surface area contributed by atoms with Crippen LogP contribution in [0.3, 0.4) is 0 Å². The molecule has 0 radical (unpaired) electrons. The van der Waals surface area contributed by atoms with Gasteiger partial charge in [0.2, 0.25) is 0 Å². The minimum Gasteiger partial charge on any atom is -0.486 e. The summed E-state index contributed by atoms with van der Waals surface area (Å²) in [5.41, 5.74) is 9.51. The van der Waals surface area contributed by atoms with Crippen LogP contribution >= 0.6 is 0 Å². The van der Waals surface area contributed by atoms with Crippen molar-refractivity contribution in [3.8, 4) is 23.2 Å². The number of piperazine rings is 1. The van der Waals surface area contributed by atoms with Gasteiger partial charge in [-0.3, -0.25) is 14.8 Å². The maximum atomic E-state index is 15.2. The number of nitrogens with zero attached hydrogens (tertiary/aromatic N) is 8. The Morgan fingerprint density at radius 1 is 1.19 bits per heavy atom. The van der Waals surface area contributed by atoms with Crippen LogP contribution in [0.15, 0.2) is 54.6 Å². The fourth-order valence-corrected chi connectivity index (χ4v) is 6.47. The number of nitrogens with two attached hydrogens (primary N) is 1. The van der Waals surface area contributed by atoms with Gasteiger partial charge in [0.05, 0.1) is 43.5 Å². The Hall–Kier alpha value is -4.71. The summed E-state index contributed by atoms with van der Waals surface area (Å²) in [5, 5.41) is 16.5. The number of amides is 1. The van der Waals surface area contributed by atoms with Crippen molar-refractivity contribution in [2.75, 3.05) is 52.5 Å². The monoisotopic (exact) mass is 640 g/mol. The molecule has 0 saturated carbocycles. The highest BCUT2D eigenvalue weighted by Crippen LogP contribution is 2.31. The second kappa shape index (κ2) is 13.2. The molecule has 3 fully saturated rings. The van der Waals surface area contributed by atoms with Crippen molar-refractivity contribution >= 4 is 5.91 Å². The van der Waals surface area contributed by atoms with Crippen molar-refractivity contribution in [2.45, 2.75) is 43.6 Å². The number of carbonyl (C=O) groups is 1. The minimum atomic E-state index is -1.43. The number of likely N-dealkylation sites (tertiary alicyclic amines) is 1. The molecule has 1 amide bonds. The van der Waals surface area contributed by atoms with E-state index in [9.17, 15) is 10.1 Å². The zero-order chi connectivity index (χ0) is 32.5. The van der Waals surface area contributed by atoms with E-state index in [2.05, 4.69) is 48.2 Å². The number of nitrogens with one attached hydrogen (secondary N) is 1. The van der Waals surface area contributed by atoms with Crippen molar-refractivity contribution in [3.63, 3.8) is 0 Å². The van der Waals surface area contributed by atoms with Gasteiger partial charge in [0.15, 0.2) is 12.0 Å². The first-order chi connectivity index (χ1) is 22.9. The number of aryl methyl sites for hydroxylation is 1. The SMILES string of the molecule is Cc1cn[nH]c1C(=O)N1CC[C@H](Oc2ccc(-c3ncnc(C4C=C(N5CCN(C6COC6)CC5)C=CC4N)n3)cc2C#N)C(F)C1. The van der Waals surface area contributed by atoms with E-state index < -0.39 is 12.3 Å². The van der Waals surface area contributed by atoms with Crippen molar-refractivity contribution in [1.82, 2.24) is 39.8 Å². The van der Waals surface area contributed by atoms with Gasteiger partial charge in [-0.2, -0.15) is 10.4 Å². The van der Waals surface area contributed by atoms with Crippen LogP contribution < -0.4 is 10.5 Å². The molecular formula is C33H37FN10O3. The number of aromatic nitrogens is 5. The summed E-state index contributed by atoms with van der Waals surface area (Å²) in [4.78, 5) is 32.7. The van der Waals surface area contributed by atoms with Crippen LogP contribution in [0.4, 0.5) is 4.39 Å². The first-order valence-electron chi connectivity index (χ1n) is 15.9. The lowest BCUT2D eigenvalue weighted by Crippen LogP contribution is -2.56. The molecule has 1 aromatic carbocycles. The maximum absolute atomic E-state index is 15.2. The molecule has 4 atom stereocenters. The summed E-state index contributed by atoms with van der Waals surface area (Å²) in [7, 11) is 0. The number of benzene rings is 1. The van der Waals surface area contributed by atoms with Crippen LogP contribution in [-0.4, -0.2) is 123 Å². The average Bonchev–Trinajstić information content (AvgIpc) is 3.51. The molecule has 3 N–H and O–H groups in total. The van der Waals surface area contributed by atoms with Crippen LogP contribution in [0.1, 0.15) is 39.8 Å². The van der Waals surface area contributed by atoms with E-state index in [1.807, 2.05) is 6.08 Å². The largest absolute Gasteiger partial charge is 0.486 e. The predicted octanol–water partition coefficient (Wildman–Crippen LogP) is 1.95. The molecule has 3 aliphatic heterocycles. The fraction of sp³-hybridized carbons (Fsp3) is 0.455. The first kappa shape index (κ1) is 30.9. The molecule has 14 heteroatoms. The topological polar surface area (TPSA) is 162 Å². The third-order valence-corrected chi connectivity index (χ3v) is 9.41. The lowest BCUT2D eigenvalue weighted by atomic mass is 9.92. The standard InChI is InChI=1S/C33H37FN10O3/c1-20-15-39-41-30(20)33(45)44-7-6-29(26(34)16-44)47-28-5-2-21(12-22(28)14-35)31-37-19-38-32(40-31)25-13-23(3-4-27(25)36)42-8-10-43(11-9-42)24-17-46-18-24/h2-5,12-13,15,19,24-27,29H,6-11,16-18,36H2,1H3,(H,39,41)/t25?,26?,27?,29-/m0/s1. The quantitative estimate of drug-likeness (QED) is 0.388. The van der Waals surface area contributed by atoms with E-state index in [4.69, 9.17) is 20.2 Å². The van der Waals surface area contributed by atoms with E-state index in [1.165, 1.54) is 11.2 Å². The van der Waals surface area contributed by atoms with Gasteiger partial charge in [-0.05, 0) is 42.8 Å². The van der Waals surface area contributed by atoms with Crippen LogP contribution in [0.5, 0.6) is 5.75 Å². The number of allylic oxidation sites excluding steroid dienone is 1. The highest BCUT2D eigenvalue weighted by Gasteiger charge is 2.35. The molecular weight excluding hydrogens is 603 g/mol. The number of halogens is 1. The van der Waals surface area contributed by atoms with Gasteiger partial charge in [-0.1, -0.05) is 6.08 Å². The number of rotatable bonds is 7. The molecule has 47 heavy (non-hydrogen) atoms. The number of hydrogen-bond acceptors (Lipinski definition) is 11. The third-order valence-electron chi connectivity index (χ3n) is 9.41. The van der Waals surface area contributed by atoms with E-state index in [0.717, 1.165) is 45.1 Å². The Labute approximate surface area is 271 Å². The Bertz CT molecular complexity index is 1730. The summed E-state index contributed by atoms with van der Waals surface area (Å²) in [6.07, 6.45) is 7.26. The zero-order valence-corrected chi connectivity index (χ0v) is 26.1. The van der Waals surface area contributed by atoms with Gasteiger partial charge in [0.1, 0.15) is 35.8 Å². The molecule has 5 heterocycles. The van der Waals surface area contributed by atoms with E-state index in [1.54, 1.807) is 31.3 Å². The van der Waals surface area contributed by atoms with Gasteiger partial charge < -0.3 is 25.0 Å². The zero-order valence-electron chi connectivity index (χ0n) is 26.1. The smallest absolute Gasteiger partial charge is 0.272 e. The van der Waals surface area contributed by atoms with Crippen molar-refractivity contribution < 1.29 is 18.7 Å². The van der Waals surface area contributed by atoms with E-state index in [0.29, 0.717) is 41.1 Å². The van der Waals surface area contributed by atoms with Crippen LogP contribution in [-0.2, 0) is 4.74 Å². The molecule has 4 aliphatic rings. The van der Waals surface area contributed by atoms with Gasteiger partial charge in [0.25, 0.3) is 5.91 Å². The van der Waals surface area contributed by atoms with Crippen molar-refractivity contribution in [3.05, 3.63) is 77.3 Å². The Kier molecular flexibility index (Phi) is 8.68. The Morgan fingerprint density at radius 3 is 2.72 bits per heavy atom. The number of nitriles is 1. The number of aromatic amines is 1. The number of hydrogen-bond donors (Lipinski definition) is 2. The molecule has 0 spiro atoms. The molecule has 7 rings (SSSR count). The molecule has 3 saturated heterocycles. The Morgan fingerprint density at radius 2 is 2.02 bits per heavy atom. The maximum Gasteiger partial charge on any atom is 0.272 e. The van der Waals surface area contributed by atoms with Crippen LogP contribution in [0, 0.1) is 18.3 Å². The van der Waals surface area contributed by atoms with Gasteiger partial charge in [-0.15, -0.1) is 0 Å². The summed E-state index contributed by atoms with van der Waals surface area (Å²) in [5.74, 6) is 0.661. The van der Waals surface area contributed by atoms with Crippen molar-refractivity contribution in [2.24, 2.45) is 5.73 Å². The third kappa shape index (κ3) is 6.34. The van der Waals surface area contributed by atoms with Gasteiger partial charge in [-0.25, -0.2) is 19.3 Å². The lowest BCUT2D eigenvalue weighted by Gasteiger charge is -2.44. The summed E-state index contributed by atoms with van der Waals surface area (Å²) >= 11 is 0. The molecule has 13 nitrogen and oxygen atoms in total. The molecule has 2 aromatic heterocycles. The molecule has 3 aromatic rings. The summed E-state index contributed by atoms with van der Waals surface area (Å²) < 4.78 is 26.6. The molecule has 1 aliphatic carbocycles. The summed E-state index contributed by atoms with van der Waals surface area (Å²) in [6, 6.07) is 7.41. The Balaban J connectivity index is 1.02. The normalized spacial score (nSPS) is 25.2. The predicted molar refractivity (Wildman–Crippen MR) is 169 cm³/mol. The van der Waals surface area contributed by atoms with Crippen LogP contribution in [0.2, 0.25) is 0 Å². The fourth-order valence-electron chi connectivity index (χ4n) is 6.47. The second-order valence-electron chi connectivity index (χ2n) is 12.4. The second-order valence-corrected chi connectivity index (χ2v) is 12.4. The number of carbonyl (C=O) groups excluding carboxylic acids is 1. The number of ether oxygens (including phenoxy) is 2. The summed E-state index contributed by atoms with van der Waals surface area (Å²) in [6.45, 7) is 7.44. The first-order valence-corrected chi connectivity index (χ1v) is 15.9. The van der Waals surface area contributed by atoms with Gasteiger partial charge in [0, 0.05) is 56.4 Å². The lowest BCUT2D eigenvalue weighted by molar-refractivity contribution is -0.0745. The minimum absolute atomic E-state index is 0.115. The molecule has 0 bridgehead atoms.